The van der Waals surface area contributed by atoms with Crippen LogP contribution < -0.4 is 4.74 Å². The number of aldehydes is 1. The Morgan fingerprint density at radius 1 is 1.50 bits per heavy atom. The summed E-state index contributed by atoms with van der Waals surface area (Å²) < 4.78 is 4.97. The zero-order chi connectivity index (χ0) is 11.5. The fourth-order valence-electron chi connectivity index (χ4n) is 1.37. The maximum atomic E-state index is 10.5. The maximum absolute atomic E-state index is 10.5. The topological polar surface area (TPSA) is 75.2 Å². The van der Waals surface area contributed by atoms with Crippen molar-refractivity contribution in [3.05, 3.63) is 30.1 Å². The van der Waals surface area contributed by atoms with Gasteiger partial charge in [-0.25, -0.2) is 4.98 Å². The summed E-state index contributed by atoms with van der Waals surface area (Å²) in [5.74, 6) is 1.05. The number of nitrogens with zero attached hydrogens (tertiary/aromatic N) is 1. The summed E-state index contributed by atoms with van der Waals surface area (Å²) in [5, 5.41) is 9.73. The Balaban J connectivity index is 2.43. The van der Waals surface area contributed by atoms with Crippen molar-refractivity contribution in [2.75, 3.05) is 7.11 Å². The molecule has 0 saturated heterocycles. The number of imidazole rings is 1. The molecule has 0 aliphatic carbocycles. The van der Waals surface area contributed by atoms with Crippen LogP contribution in [0.3, 0.4) is 0 Å². The number of aromatic nitrogens is 2. The number of methoxy groups -OCH3 is 1. The summed E-state index contributed by atoms with van der Waals surface area (Å²) in [4.78, 5) is 17.2. The first-order chi connectivity index (χ1) is 7.74. The number of phenols is 1. The molecular weight excluding hydrogens is 208 g/mol. The maximum Gasteiger partial charge on any atom is 0.167 e. The Bertz CT molecular complexity index is 520. The van der Waals surface area contributed by atoms with Gasteiger partial charge in [0.25, 0.3) is 0 Å². The molecule has 0 fully saturated rings. The van der Waals surface area contributed by atoms with E-state index in [9.17, 15) is 9.90 Å². The lowest BCUT2D eigenvalue weighted by Gasteiger charge is -2.04. The van der Waals surface area contributed by atoms with Gasteiger partial charge in [0.2, 0.25) is 0 Å². The molecule has 1 aromatic carbocycles. The van der Waals surface area contributed by atoms with Crippen LogP contribution in [0.25, 0.3) is 11.4 Å². The first kappa shape index (κ1) is 10.2. The standard InChI is InChI=1S/C11H10N2O3/c1-16-8-2-3-9(10(15)4-8)11-12-5-7(6-14)13-11/h2-6,15H,1H3,(H,12,13). The number of benzene rings is 1. The van der Waals surface area contributed by atoms with Crippen LogP contribution in [0.15, 0.2) is 24.4 Å². The van der Waals surface area contributed by atoms with Gasteiger partial charge >= 0.3 is 0 Å². The van der Waals surface area contributed by atoms with Crippen molar-refractivity contribution in [1.82, 2.24) is 9.97 Å². The van der Waals surface area contributed by atoms with Crippen molar-refractivity contribution in [3.63, 3.8) is 0 Å². The third-order valence-electron chi connectivity index (χ3n) is 2.18. The zero-order valence-electron chi connectivity index (χ0n) is 8.60. The van der Waals surface area contributed by atoms with E-state index >= 15 is 0 Å². The van der Waals surface area contributed by atoms with Gasteiger partial charge in [-0.1, -0.05) is 0 Å². The van der Waals surface area contributed by atoms with E-state index in [0.29, 0.717) is 29.1 Å². The summed E-state index contributed by atoms with van der Waals surface area (Å²) in [6.45, 7) is 0. The van der Waals surface area contributed by atoms with Gasteiger partial charge in [0, 0.05) is 6.07 Å². The Morgan fingerprint density at radius 3 is 2.88 bits per heavy atom. The lowest BCUT2D eigenvalue weighted by atomic mass is 10.2. The second kappa shape index (κ2) is 4.06. The van der Waals surface area contributed by atoms with Gasteiger partial charge < -0.3 is 14.8 Å². The number of aromatic amines is 1. The van der Waals surface area contributed by atoms with E-state index in [-0.39, 0.29) is 5.75 Å². The SMILES string of the molecule is COc1ccc(-c2ncc(C=O)[nH]2)c(O)c1. The highest BCUT2D eigenvalue weighted by atomic mass is 16.5. The van der Waals surface area contributed by atoms with Crippen molar-refractivity contribution in [2.24, 2.45) is 0 Å². The van der Waals surface area contributed by atoms with Crippen LogP contribution >= 0.6 is 0 Å². The molecular formula is C11H10N2O3. The Kier molecular flexibility index (Phi) is 2.59. The molecule has 2 N–H and O–H groups in total. The lowest BCUT2D eigenvalue weighted by molar-refractivity contribution is 0.111. The number of ether oxygens (including phenoxy) is 1. The van der Waals surface area contributed by atoms with Crippen molar-refractivity contribution in [2.45, 2.75) is 0 Å². The molecule has 1 heterocycles. The lowest BCUT2D eigenvalue weighted by Crippen LogP contribution is -1.86. The molecule has 0 saturated carbocycles. The molecule has 1 aromatic heterocycles. The molecule has 0 bridgehead atoms. The Labute approximate surface area is 91.7 Å². The molecule has 0 aliphatic heterocycles. The van der Waals surface area contributed by atoms with Crippen molar-refractivity contribution in [3.8, 4) is 22.9 Å². The van der Waals surface area contributed by atoms with Gasteiger partial charge in [-0.15, -0.1) is 0 Å². The van der Waals surface area contributed by atoms with Gasteiger partial charge in [-0.3, -0.25) is 4.79 Å². The number of rotatable bonds is 3. The van der Waals surface area contributed by atoms with Crippen LogP contribution in [0, 0.1) is 0 Å². The van der Waals surface area contributed by atoms with E-state index in [1.807, 2.05) is 0 Å². The third-order valence-corrected chi connectivity index (χ3v) is 2.18. The zero-order valence-corrected chi connectivity index (χ0v) is 8.60. The van der Waals surface area contributed by atoms with E-state index in [0.717, 1.165) is 0 Å². The largest absolute Gasteiger partial charge is 0.507 e. The number of carbonyl (C=O) groups is 1. The number of hydrogen-bond donors (Lipinski definition) is 2. The summed E-state index contributed by atoms with van der Waals surface area (Å²) in [5.41, 5.74) is 0.888. The van der Waals surface area contributed by atoms with Gasteiger partial charge in [0.15, 0.2) is 6.29 Å². The minimum absolute atomic E-state index is 0.0474. The first-order valence-electron chi connectivity index (χ1n) is 4.62. The van der Waals surface area contributed by atoms with Crippen molar-refractivity contribution in [1.29, 1.82) is 0 Å². The van der Waals surface area contributed by atoms with Crippen LogP contribution in [-0.2, 0) is 0 Å². The molecule has 0 unspecified atom stereocenters. The van der Waals surface area contributed by atoms with Crippen LogP contribution in [0.1, 0.15) is 10.5 Å². The van der Waals surface area contributed by atoms with E-state index in [1.165, 1.54) is 19.4 Å². The fraction of sp³-hybridized carbons (Fsp3) is 0.0909. The highest BCUT2D eigenvalue weighted by Gasteiger charge is 2.09. The van der Waals surface area contributed by atoms with Crippen molar-refractivity contribution >= 4 is 6.29 Å². The number of carbonyl (C=O) groups excluding carboxylic acids is 1. The first-order valence-corrected chi connectivity index (χ1v) is 4.62. The monoisotopic (exact) mass is 218 g/mol. The minimum atomic E-state index is 0.0474. The summed E-state index contributed by atoms with van der Waals surface area (Å²) in [7, 11) is 1.52. The smallest absolute Gasteiger partial charge is 0.167 e. The summed E-state index contributed by atoms with van der Waals surface area (Å²) in [6, 6.07) is 4.86. The highest BCUT2D eigenvalue weighted by Crippen LogP contribution is 2.30. The van der Waals surface area contributed by atoms with Gasteiger partial charge in [0.05, 0.1) is 24.6 Å². The molecule has 16 heavy (non-hydrogen) atoms. The number of hydrogen-bond acceptors (Lipinski definition) is 4. The van der Waals surface area contributed by atoms with E-state index < -0.39 is 0 Å². The fourth-order valence-corrected chi connectivity index (χ4v) is 1.37. The molecule has 0 amide bonds. The molecule has 5 heteroatoms. The van der Waals surface area contributed by atoms with Crippen LogP contribution in [-0.4, -0.2) is 28.5 Å². The second-order valence-electron chi connectivity index (χ2n) is 3.19. The molecule has 5 nitrogen and oxygen atoms in total. The molecule has 82 valence electrons. The minimum Gasteiger partial charge on any atom is -0.507 e. The predicted molar refractivity (Wildman–Crippen MR) is 57.6 cm³/mol. The quantitative estimate of drug-likeness (QED) is 0.767. The third kappa shape index (κ3) is 1.75. The van der Waals surface area contributed by atoms with E-state index in [4.69, 9.17) is 4.74 Å². The number of aromatic hydroxyl groups is 1. The average molecular weight is 218 g/mol. The van der Waals surface area contributed by atoms with E-state index in [2.05, 4.69) is 9.97 Å². The van der Waals surface area contributed by atoms with Crippen molar-refractivity contribution < 1.29 is 14.6 Å². The van der Waals surface area contributed by atoms with Gasteiger partial charge in [-0.2, -0.15) is 0 Å². The van der Waals surface area contributed by atoms with Gasteiger partial charge in [0.1, 0.15) is 17.3 Å². The molecule has 0 spiro atoms. The highest BCUT2D eigenvalue weighted by molar-refractivity contribution is 5.74. The second-order valence-corrected chi connectivity index (χ2v) is 3.19. The van der Waals surface area contributed by atoms with Crippen LogP contribution in [0.4, 0.5) is 0 Å². The normalized spacial score (nSPS) is 10.1. The predicted octanol–water partition coefficient (Wildman–Crippen LogP) is 1.60. The van der Waals surface area contributed by atoms with Crippen LogP contribution in [0.5, 0.6) is 11.5 Å². The number of nitrogens with one attached hydrogen (secondary N) is 1. The summed E-state index contributed by atoms with van der Waals surface area (Å²) >= 11 is 0. The Hall–Kier alpha value is -2.30. The molecule has 0 aliphatic rings. The molecule has 2 aromatic rings. The van der Waals surface area contributed by atoms with E-state index in [1.54, 1.807) is 12.1 Å². The summed E-state index contributed by atoms with van der Waals surface area (Å²) in [6.07, 6.45) is 2.07. The van der Waals surface area contributed by atoms with Gasteiger partial charge in [-0.05, 0) is 12.1 Å². The average Bonchev–Trinajstić information content (AvgIpc) is 2.77. The number of phenolic OH excluding ortho intramolecular Hbond substituents is 1. The Morgan fingerprint density at radius 2 is 2.31 bits per heavy atom. The molecule has 0 radical (unpaired) electrons. The molecule has 0 atom stereocenters. The number of H-pyrrole nitrogens is 1. The van der Waals surface area contributed by atoms with Crippen LogP contribution in [0.2, 0.25) is 0 Å². The molecule has 2 rings (SSSR count).